The predicted molar refractivity (Wildman–Crippen MR) is 94.5 cm³/mol. The topological polar surface area (TPSA) is 68.1 Å². The molecule has 1 fully saturated rings. The molecule has 0 N–H and O–H groups in total. The maximum atomic E-state index is 13.3. The summed E-state index contributed by atoms with van der Waals surface area (Å²) in [7, 11) is -1.61. The Hall–Kier alpha value is -1.73. The SMILES string of the molecule is Cn1nc(CN(C2CCCC2)S(=O)(=O)c2cccnc2)c2c1CCC2. The Balaban J connectivity index is 1.71. The number of aryl methyl sites for hydroxylation is 1. The van der Waals surface area contributed by atoms with Gasteiger partial charge >= 0.3 is 0 Å². The zero-order chi connectivity index (χ0) is 17.4. The molecule has 4 rings (SSSR count). The van der Waals surface area contributed by atoms with Crippen LogP contribution in [-0.4, -0.2) is 33.5 Å². The van der Waals surface area contributed by atoms with Crippen molar-refractivity contribution in [2.45, 2.75) is 62.4 Å². The Morgan fingerprint density at radius 1 is 1.24 bits per heavy atom. The van der Waals surface area contributed by atoms with E-state index in [1.54, 1.807) is 22.6 Å². The van der Waals surface area contributed by atoms with Crippen molar-refractivity contribution in [1.29, 1.82) is 0 Å². The summed E-state index contributed by atoms with van der Waals surface area (Å²) >= 11 is 0. The van der Waals surface area contributed by atoms with E-state index >= 15 is 0 Å². The molecule has 0 amide bonds. The molecule has 0 aliphatic heterocycles. The number of hydrogen-bond acceptors (Lipinski definition) is 4. The molecule has 7 heteroatoms. The minimum atomic E-state index is -3.57. The molecular weight excluding hydrogens is 336 g/mol. The third kappa shape index (κ3) is 3.00. The molecule has 0 saturated heterocycles. The van der Waals surface area contributed by atoms with Gasteiger partial charge in [0, 0.05) is 31.2 Å². The molecule has 0 aromatic carbocycles. The van der Waals surface area contributed by atoms with Gasteiger partial charge in [-0.25, -0.2) is 8.42 Å². The first-order chi connectivity index (χ1) is 12.1. The lowest BCUT2D eigenvalue weighted by molar-refractivity contribution is 0.311. The van der Waals surface area contributed by atoms with E-state index in [-0.39, 0.29) is 10.9 Å². The van der Waals surface area contributed by atoms with Crippen LogP contribution in [-0.2, 0) is 36.5 Å². The molecule has 0 radical (unpaired) electrons. The van der Waals surface area contributed by atoms with E-state index in [1.165, 1.54) is 17.5 Å². The van der Waals surface area contributed by atoms with Crippen LogP contribution >= 0.6 is 0 Å². The van der Waals surface area contributed by atoms with Gasteiger partial charge in [0.05, 0.1) is 12.2 Å². The highest BCUT2D eigenvalue weighted by molar-refractivity contribution is 7.89. The summed E-state index contributed by atoms with van der Waals surface area (Å²) in [6.45, 7) is 0.366. The lowest BCUT2D eigenvalue weighted by Gasteiger charge is -2.27. The molecule has 134 valence electrons. The summed E-state index contributed by atoms with van der Waals surface area (Å²) < 4.78 is 30.2. The van der Waals surface area contributed by atoms with Crippen molar-refractivity contribution in [2.24, 2.45) is 7.05 Å². The van der Waals surface area contributed by atoms with Crippen LogP contribution in [0.3, 0.4) is 0 Å². The molecule has 2 aromatic heterocycles. The number of nitrogens with zero attached hydrogens (tertiary/aromatic N) is 4. The van der Waals surface area contributed by atoms with Crippen LogP contribution in [0.4, 0.5) is 0 Å². The average molecular weight is 360 g/mol. The fourth-order valence-corrected chi connectivity index (χ4v) is 5.82. The molecule has 0 atom stereocenters. The standard InChI is InChI=1S/C18H24N4O2S/c1-21-18-10-4-9-16(18)17(20-21)13-22(14-6-2-3-7-14)25(23,24)15-8-5-11-19-12-15/h5,8,11-12,14H,2-4,6-7,9-10,13H2,1H3. The quantitative estimate of drug-likeness (QED) is 0.821. The van der Waals surface area contributed by atoms with Gasteiger partial charge < -0.3 is 0 Å². The van der Waals surface area contributed by atoms with Gasteiger partial charge in [-0.1, -0.05) is 12.8 Å². The van der Waals surface area contributed by atoms with E-state index in [9.17, 15) is 8.42 Å². The molecule has 2 aliphatic rings. The largest absolute Gasteiger partial charge is 0.272 e. The average Bonchev–Trinajstić information content (AvgIpc) is 3.34. The molecule has 6 nitrogen and oxygen atoms in total. The lowest BCUT2D eigenvalue weighted by atomic mass is 10.2. The second-order valence-corrected chi connectivity index (χ2v) is 8.92. The van der Waals surface area contributed by atoms with Crippen LogP contribution in [0.5, 0.6) is 0 Å². The fraction of sp³-hybridized carbons (Fsp3) is 0.556. The van der Waals surface area contributed by atoms with Crippen LogP contribution in [0.25, 0.3) is 0 Å². The van der Waals surface area contributed by atoms with Crippen LogP contribution in [0.15, 0.2) is 29.4 Å². The number of sulfonamides is 1. The van der Waals surface area contributed by atoms with E-state index in [0.717, 1.165) is 50.6 Å². The first-order valence-electron chi connectivity index (χ1n) is 9.03. The Labute approximate surface area is 148 Å². The predicted octanol–water partition coefficient (Wildman–Crippen LogP) is 2.44. The Kier molecular flexibility index (Phi) is 4.37. The van der Waals surface area contributed by atoms with E-state index in [4.69, 9.17) is 0 Å². The molecule has 2 heterocycles. The normalized spacial score (nSPS) is 18.2. The van der Waals surface area contributed by atoms with Crippen molar-refractivity contribution in [3.05, 3.63) is 41.5 Å². The van der Waals surface area contributed by atoms with E-state index < -0.39 is 10.0 Å². The maximum absolute atomic E-state index is 13.3. The number of aromatic nitrogens is 3. The van der Waals surface area contributed by atoms with Crippen LogP contribution < -0.4 is 0 Å². The Morgan fingerprint density at radius 2 is 2.04 bits per heavy atom. The highest BCUT2D eigenvalue weighted by Crippen LogP contribution is 2.32. The highest BCUT2D eigenvalue weighted by atomic mass is 32.2. The second kappa shape index (κ2) is 6.53. The maximum Gasteiger partial charge on any atom is 0.245 e. The van der Waals surface area contributed by atoms with E-state index in [0.29, 0.717) is 6.54 Å². The summed E-state index contributed by atoms with van der Waals surface area (Å²) in [6, 6.07) is 3.37. The molecule has 0 bridgehead atoms. The van der Waals surface area contributed by atoms with Gasteiger partial charge in [0.2, 0.25) is 10.0 Å². The van der Waals surface area contributed by atoms with Crippen molar-refractivity contribution < 1.29 is 8.42 Å². The van der Waals surface area contributed by atoms with Crippen molar-refractivity contribution >= 4 is 10.0 Å². The molecule has 2 aromatic rings. The minimum Gasteiger partial charge on any atom is -0.272 e. The molecule has 2 aliphatic carbocycles. The van der Waals surface area contributed by atoms with Crippen molar-refractivity contribution in [1.82, 2.24) is 19.1 Å². The van der Waals surface area contributed by atoms with Crippen molar-refractivity contribution in [2.75, 3.05) is 0 Å². The molecule has 0 unspecified atom stereocenters. The van der Waals surface area contributed by atoms with Crippen LogP contribution in [0, 0.1) is 0 Å². The van der Waals surface area contributed by atoms with Gasteiger partial charge in [-0.2, -0.15) is 9.40 Å². The fourth-order valence-electron chi connectivity index (χ4n) is 4.21. The van der Waals surface area contributed by atoms with E-state index in [1.807, 2.05) is 11.7 Å². The zero-order valence-electron chi connectivity index (χ0n) is 14.6. The summed E-state index contributed by atoms with van der Waals surface area (Å²) in [6.07, 6.45) is 10.2. The smallest absolute Gasteiger partial charge is 0.245 e. The van der Waals surface area contributed by atoms with Gasteiger partial charge in [0.25, 0.3) is 0 Å². The monoisotopic (exact) mass is 360 g/mol. The van der Waals surface area contributed by atoms with Crippen molar-refractivity contribution in [3.63, 3.8) is 0 Å². The van der Waals surface area contributed by atoms with E-state index in [2.05, 4.69) is 10.1 Å². The number of pyridine rings is 1. The number of hydrogen-bond donors (Lipinski definition) is 0. The van der Waals surface area contributed by atoms with Gasteiger partial charge in [0.1, 0.15) is 4.90 Å². The van der Waals surface area contributed by atoms with Crippen molar-refractivity contribution in [3.8, 4) is 0 Å². The van der Waals surface area contributed by atoms with Gasteiger partial charge in [-0.15, -0.1) is 0 Å². The third-order valence-corrected chi connectivity index (χ3v) is 7.36. The molecule has 25 heavy (non-hydrogen) atoms. The van der Waals surface area contributed by atoms with Gasteiger partial charge in [-0.3, -0.25) is 9.67 Å². The molecule has 1 saturated carbocycles. The van der Waals surface area contributed by atoms with Crippen LogP contribution in [0.1, 0.15) is 49.1 Å². The highest BCUT2D eigenvalue weighted by Gasteiger charge is 2.35. The summed E-state index contributed by atoms with van der Waals surface area (Å²) in [5, 5.41) is 4.65. The zero-order valence-corrected chi connectivity index (χ0v) is 15.4. The third-order valence-electron chi connectivity index (χ3n) is 5.48. The lowest BCUT2D eigenvalue weighted by Crippen LogP contribution is -2.38. The summed E-state index contributed by atoms with van der Waals surface area (Å²) in [5.74, 6) is 0. The Bertz CT molecular complexity index is 855. The molecule has 0 spiro atoms. The van der Waals surface area contributed by atoms with Crippen LogP contribution in [0.2, 0.25) is 0 Å². The van der Waals surface area contributed by atoms with Gasteiger partial charge in [0.15, 0.2) is 0 Å². The first kappa shape index (κ1) is 16.7. The summed E-state index contributed by atoms with van der Waals surface area (Å²) in [5.41, 5.74) is 3.45. The number of fused-ring (bicyclic) bond motifs is 1. The molecular formula is C18H24N4O2S. The number of rotatable bonds is 5. The second-order valence-electron chi connectivity index (χ2n) is 7.03. The Morgan fingerprint density at radius 3 is 2.76 bits per heavy atom. The summed E-state index contributed by atoms with van der Waals surface area (Å²) in [4.78, 5) is 4.28. The van der Waals surface area contributed by atoms with Gasteiger partial charge in [-0.05, 0) is 49.8 Å². The minimum absolute atomic E-state index is 0.0595. The first-order valence-corrected chi connectivity index (χ1v) is 10.5.